The molecule has 0 bridgehead atoms. The Kier molecular flexibility index (Phi) is 9.53. The second-order valence-corrected chi connectivity index (χ2v) is 20.1. The molecule has 3 heterocycles. The summed E-state index contributed by atoms with van der Waals surface area (Å²) in [6.45, 7) is 16.6. The van der Waals surface area contributed by atoms with E-state index in [2.05, 4.69) is 192 Å². The van der Waals surface area contributed by atoms with Gasteiger partial charge in [-0.1, -0.05) is 127 Å². The average Bonchev–Trinajstić information content (AvgIpc) is 3.66. The van der Waals surface area contributed by atoms with Crippen molar-refractivity contribution in [2.24, 2.45) is 0 Å². The minimum Gasteiger partial charge on any atom is -0.456 e. The highest BCUT2D eigenvalue weighted by atomic mass is 16.3. The smallest absolute Gasteiger partial charge is 0.333 e. The number of fused-ring (bicyclic) bond motifs is 8. The van der Waals surface area contributed by atoms with Crippen molar-refractivity contribution in [3.63, 3.8) is 0 Å². The molecule has 314 valence electrons. The first-order chi connectivity index (χ1) is 30.5. The molecule has 1 aliphatic carbocycles. The van der Waals surface area contributed by atoms with E-state index in [-0.39, 0.29) is 17.7 Å². The summed E-state index contributed by atoms with van der Waals surface area (Å²) in [5.41, 5.74) is 23.0. The van der Waals surface area contributed by atoms with Gasteiger partial charge in [-0.2, -0.15) is 0 Å². The quantitative estimate of drug-likeness (QED) is 0.135. The van der Waals surface area contributed by atoms with Gasteiger partial charge in [-0.3, -0.25) is 0 Å². The maximum atomic E-state index is 6.81. The summed E-state index contributed by atoms with van der Waals surface area (Å²) < 4.78 is 6.81. The molecule has 0 atom stereocenters. The topological polar surface area (TPSA) is 19.6 Å². The van der Waals surface area contributed by atoms with Crippen molar-refractivity contribution >= 4 is 68.1 Å². The molecule has 0 saturated heterocycles. The Morgan fingerprint density at radius 3 is 1.98 bits per heavy atom. The molecule has 7 aromatic carbocycles. The van der Waals surface area contributed by atoms with Gasteiger partial charge in [-0.25, -0.2) is 0 Å². The third kappa shape index (κ3) is 6.46. The molecular formula is C59H59BN2O. The van der Waals surface area contributed by atoms with Gasteiger partial charge in [-0.05, 0) is 167 Å². The summed E-state index contributed by atoms with van der Waals surface area (Å²) in [5, 5.41) is 2.29. The zero-order valence-electron chi connectivity index (χ0n) is 38.2. The summed E-state index contributed by atoms with van der Waals surface area (Å²) in [6.07, 6.45) is 9.24. The Balaban J connectivity index is 1.26. The largest absolute Gasteiger partial charge is 0.456 e. The molecule has 0 saturated carbocycles. The van der Waals surface area contributed by atoms with Crippen LogP contribution in [0, 0.1) is 6.92 Å². The predicted molar refractivity (Wildman–Crippen MR) is 270 cm³/mol. The Labute approximate surface area is 374 Å². The van der Waals surface area contributed by atoms with E-state index < -0.39 is 0 Å². The van der Waals surface area contributed by atoms with Crippen molar-refractivity contribution in [1.29, 1.82) is 0 Å². The highest BCUT2D eigenvalue weighted by Crippen LogP contribution is 2.54. The first-order valence-corrected chi connectivity index (χ1v) is 23.7. The monoisotopic (exact) mass is 822 g/mol. The number of unbranched alkanes of at least 4 members (excludes halogenated alkanes) is 2. The fourth-order valence-corrected chi connectivity index (χ4v) is 11.3. The Morgan fingerprint density at radius 2 is 1.24 bits per heavy atom. The Hall–Kier alpha value is -6.00. The number of benzene rings is 7. The predicted octanol–water partition coefficient (Wildman–Crippen LogP) is 15.3. The Morgan fingerprint density at radius 1 is 0.556 bits per heavy atom. The second-order valence-electron chi connectivity index (χ2n) is 20.1. The van der Waals surface area contributed by atoms with Gasteiger partial charge < -0.3 is 14.1 Å². The van der Waals surface area contributed by atoms with E-state index in [0.717, 1.165) is 34.8 Å². The van der Waals surface area contributed by atoms with E-state index in [1.165, 1.54) is 128 Å². The normalized spacial score (nSPS) is 15.6. The third-order valence-electron chi connectivity index (χ3n) is 14.9. The SMILES string of the molecule is CCCCc1ccc(N2B3c4cc5oc6ccccc6c5cc4N(c4ccc(CCCC)cc4-c4ccccc4)c4cc(C)cc(c43)-c3cc4c(cc32)C(C)(C)CCC4(C)C)cc1. The van der Waals surface area contributed by atoms with Crippen LogP contribution in [0.15, 0.2) is 138 Å². The van der Waals surface area contributed by atoms with E-state index in [0.29, 0.717) is 0 Å². The van der Waals surface area contributed by atoms with Gasteiger partial charge in [0.2, 0.25) is 0 Å². The van der Waals surface area contributed by atoms with Crippen molar-refractivity contribution in [1.82, 2.24) is 0 Å². The molecule has 0 radical (unpaired) electrons. The van der Waals surface area contributed by atoms with E-state index in [4.69, 9.17) is 4.42 Å². The van der Waals surface area contributed by atoms with Crippen LogP contribution in [0.25, 0.3) is 44.2 Å². The second kappa shape index (κ2) is 15.1. The lowest BCUT2D eigenvalue weighted by Gasteiger charge is -2.48. The highest BCUT2D eigenvalue weighted by molar-refractivity contribution is 6.93. The van der Waals surface area contributed by atoms with E-state index in [1.54, 1.807) is 0 Å². The van der Waals surface area contributed by atoms with Crippen LogP contribution in [0.2, 0.25) is 0 Å². The molecular weight excluding hydrogens is 763 g/mol. The summed E-state index contributed by atoms with van der Waals surface area (Å²) >= 11 is 0. The molecule has 1 aromatic heterocycles. The number of hydrogen-bond acceptors (Lipinski definition) is 3. The molecule has 11 rings (SSSR count). The van der Waals surface area contributed by atoms with Gasteiger partial charge in [0.05, 0.1) is 5.69 Å². The lowest BCUT2D eigenvalue weighted by molar-refractivity contribution is 0.332. The van der Waals surface area contributed by atoms with Gasteiger partial charge in [0.15, 0.2) is 0 Å². The summed E-state index contributed by atoms with van der Waals surface area (Å²) in [5.74, 6) is 0. The number of aryl methyl sites for hydroxylation is 3. The van der Waals surface area contributed by atoms with Crippen LogP contribution in [0.3, 0.4) is 0 Å². The maximum absolute atomic E-state index is 6.81. The molecule has 0 spiro atoms. The number of hydrogen-bond donors (Lipinski definition) is 0. The van der Waals surface area contributed by atoms with Gasteiger partial charge in [0, 0.05) is 44.6 Å². The minimum absolute atomic E-state index is 0.0620. The molecule has 0 N–H and O–H groups in total. The average molecular weight is 823 g/mol. The number of para-hydroxylation sites is 1. The summed E-state index contributed by atoms with van der Waals surface area (Å²) in [7, 11) is 0. The zero-order valence-corrected chi connectivity index (χ0v) is 38.2. The van der Waals surface area contributed by atoms with Crippen molar-refractivity contribution in [3.8, 4) is 22.3 Å². The first-order valence-electron chi connectivity index (χ1n) is 23.7. The van der Waals surface area contributed by atoms with Gasteiger partial charge in [-0.15, -0.1) is 0 Å². The van der Waals surface area contributed by atoms with Crippen LogP contribution >= 0.6 is 0 Å². The van der Waals surface area contributed by atoms with Crippen LogP contribution in [-0.4, -0.2) is 6.85 Å². The maximum Gasteiger partial charge on any atom is 0.333 e. The van der Waals surface area contributed by atoms with E-state index in [9.17, 15) is 0 Å². The van der Waals surface area contributed by atoms with Crippen molar-refractivity contribution in [3.05, 3.63) is 161 Å². The molecule has 8 aromatic rings. The van der Waals surface area contributed by atoms with Crippen LogP contribution < -0.4 is 20.6 Å². The van der Waals surface area contributed by atoms with Gasteiger partial charge in [0.1, 0.15) is 11.2 Å². The fourth-order valence-electron chi connectivity index (χ4n) is 11.3. The molecule has 63 heavy (non-hydrogen) atoms. The van der Waals surface area contributed by atoms with E-state index in [1.807, 2.05) is 0 Å². The van der Waals surface area contributed by atoms with Crippen LogP contribution in [-0.2, 0) is 23.7 Å². The standard InChI is InChI=1S/C59H59BN2O/c1-8-10-17-39-23-26-42(27-24-39)62-52-36-49-48(58(4,5)29-30-59(49,6)7)34-45(52)47-31-38(3)32-54-57(47)60(62)50-37-56-46(43-21-15-16-22-55(43)63-56)35-53(50)61(54)51-28-25-40(18-11-9-2)33-44(51)41-19-13-12-14-20-41/h12-16,19-28,31-37H,8-11,17-18,29-30H2,1-7H3. The van der Waals surface area contributed by atoms with Crippen LogP contribution in [0.5, 0.6) is 0 Å². The zero-order chi connectivity index (χ0) is 43.2. The third-order valence-corrected chi connectivity index (χ3v) is 14.9. The lowest BCUT2D eigenvalue weighted by atomic mass is 9.43. The molecule has 3 aliphatic rings. The van der Waals surface area contributed by atoms with Gasteiger partial charge in [0.25, 0.3) is 0 Å². The summed E-state index contributed by atoms with van der Waals surface area (Å²) in [4.78, 5) is 5.32. The molecule has 2 aliphatic heterocycles. The van der Waals surface area contributed by atoms with Crippen LogP contribution in [0.4, 0.5) is 28.4 Å². The molecule has 0 fully saturated rings. The first kappa shape index (κ1) is 39.8. The lowest BCUT2D eigenvalue weighted by Crippen LogP contribution is -2.61. The number of anilines is 5. The van der Waals surface area contributed by atoms with Crippen LogP contribution in [0.1, 0.15) is 108 Å². The van der Waals surface area contributed by atoms with Crippen molar-refractivity contribution in [2.45, 2.75) is 111 Å². The highest BCUT2D eigenvalue weighted by Gasteiger charge is 2.48. The fraction of sp³-hybridized carbons (Fsp3) is 0.288. The number of nitrogens with zero attached hydrogens (tertiary/aromatic N) is 2. The van der Waals surface area contributed by atoms with Gasteiger partial charge >= 0.3 is 6.85 Å². The number of rotatable bonds is 9. The molecule has 0 amide bonds. The minimum atomic E-state index is -0.102. The summed E-state index contributed by atoms with van der Waals surface area (Å²) in [6, 6.07) is 51.4. The van der Waals surface area contributed by atoms with Crippen molar-refractivity contribution < 1.29 is 4.42 Å². The van der Waals surface area contributed by atoms with E-state index >= 15 is 0 Å². The molecule has 4 heteroatoms. The number of furan rings is 1. The van der Waals surface area contributed by atoms with Crippen molar-refractivity contribution in [2.75, 3.05) is 9.71 Å². The molecule has 3 nitrogen and oxygen atoms in total. The molecule has 0 unspecified atom stereocenters. The Bertz CT molecular complexity index is 3060.